The van der Waals surface area contributed by atoms with Crippen molar-refractivity contribution < 1.29 is 22.7 Å². The number of nitrogens with zero attached hydrogens (tertiary/aromatic N) is 1. The van der Waals surface area contributed by atoms with Gasteiger partial charge in [-0.05, 0) is 81.3 Å². The molecule has 1 N–H and O–H groups in total. The molecule has 3 atom stereocenters. The molecule has 2 aromatic rings. The molecule has 1 amide bonds. The highest BCUT2D eigenvalue weighted by atomic mass is 19.4. The molecule has 2 aliphatic rings. The Morgan fingerprint density at radius 3 is 2.48 bits per heavy atom. The van der Waals surface area contributed by atoms with Gasteiger partial charge in [0.05, 0.1) is 5.56 Å². The van der Waals surface area contributed by atoms with E-state index in [4.69, 9.17) is 0 Å². The second kappa shape index (κ2) is 8.91. The smallest absolute Gasteiger partial charge is 0.405 e. The number of para-hydroxylation sites is 1. The zero-order valence-electron chi connectivity index (χ0n) is 17.5. The highest BCUT2D eigenvalue weighted by molar-refractivity contribution is 6.06. The highest BCUT2D eigenvalue weighted by Gasteiger charge is 2.34. The molecule has 0 aromatic heterocycles. The van der Waals surface area contributed by atoms with Crippen LogP contribution in [-0.4, -0.2) is 35.8 Å². The molecule has 1 unspecified atom stereocenters. The second-order valence-electron chi connectivity index (χ2n) is 8.51. The summed E-state index contributed by atoms with van der Waals surface area (Å²) in [5.41, 5.74) is 1.62. The van der Waals surface area contributed by atoms with Gasteiger partial charge in [0.15, 0.2) is 0 Å². The number of carbonyl (C=O) groups is 1. The quantitative estimate of drug-likeness (QED) is 0.634. The molecule has 1 saturated carbocycles. The summed E-state index contributed by atoms with van der Waals surface area (Å²) in [5, 5.41) is 2.67. The fraction of sp³-hybridized carbons (Fsp3) is 0.458. The van der Waals surface area contributed by atoms with Gasteiger partial charge in [-0.25, -0.2) is 0 Å². The van der Waals surface area contributed by atoms with Gasteiger partial charge in [0.1, 0.15) is 5.75 Å². The highest BCUT2D eigenvalue weighted by Crippen LogP contribution is 2.39. The SMILES string of the molecule is C[C@H]1CCCN1C1CC[C@H](c2ccc(NC(=O)c3ccccc3OC(F)(F)F)cc2)C1. The van der Waals surface area contributed by atoms with Crippen molar-refractivity contribution in [3.63, 3.8) is 0 Å². The normalized spacial score (nSPS) is 24.3. The number of benzene rings is 2. The van der Waals surface area contributed by atoms with Crippen LogP contribution in [0, 0.1) is 0 Å². The number of likely N-dealkylation sites (tertiary alicyclic amines) is 1. The number of hydrogen-bond donors (Lipinski definition) is 1. The Morgan fingerprint density at radius 1 is 1.06 bits per heavy atom. The minimum Gasteiger partial charge on any atom is -0.405 e. The summed E-state index contributed by atoms with van der Waals surface area (Å²) in [6.07, 6.45) is 1.23. The van der Waals surface area contributed by atoms with Crippen LogP contribution in [-0.2, 0) is 0 Å². The monoisotopic (exact) mass is 432 g/mol. The van der Waals surface area contributed by atoms with Crippen molar-refractivity contribution in [2.24, 2.45) is 0 Å². The van der Waals surface area contributed by atoms with Crippen molar-refractivity contribution in [3.05, 3.63) is 59.7 Å². The number of hydrogen-bond acceptors (Lipinski definition) is 3. The number of halogens is 3. The van der Waals surface area contributed by atoms with E-state index in [-0.39, 0.29) is 5.56 Å². The molecule has 1 heterocycles. The van der Waals surface area contributed by atoms with Crippen molar-refractivity contribution in [1.29, 1.82) is 0 Å². The molecule has 7 heteroatoms. The number of anilines is 1. The lowest BCUT2D eigenvalue weighted by molar-refractivity contribution is -0.274. The standard InChI is InChI=1S/C24H27F3N2O2/c1-16-5-4-14-29(16)20-13-10-18(15-20)17-8-11-19(12-9-17)28-23(30)21-6-2-3-7-22(21)31-24(25,26)27/h2-3,6-9,11-12,16,18,20H,4-5,10,13-15H2,1H3,(H,28,30)/t16-,18-,20?/m0/s1. The molecule has 0 radical (unpaired) electrons. The first-order valence-corrected chi connectivity index (χ1v) is 10.8. The lowest BCUT2D eigenvalue weighted by Crippen LogP contribution is -2.35. The van der Waals surface area contributed by atoms with E-state index >= 15 is 0 Å². The summed E-state index contributed by atoms with van der Waals surface area (Å²) in [6, 6.07) is 14.3. The van der Waals surface area contributed by atoms with Crippen LogP contribution < -0.4 is 10.1 Å². The number of amides is 1. The Labute approximate surface area is 180 Å². The first-order chi connectivity index (χ1) is 14.8. The molecule has 0 bridgehead atoms. The zero-order chi connectivity index (χ0) is 22.0. The van der Waals surface area contributed by atoms with Gasteiger partial charge in [-0.1, -0.05) is 24.3 Å². The third kappa shape index (κ3) is 5.21. The maximum Gasteiger partial charge on any atom is 0.573 e. The molecule has 1 saturated heterocycles. The molecule has 4 rings (SSSR count). The molecule has 4 nitrogen and oxygen atoms in total. The van der Waals surface area contributed by atoms with Gasteiger partial charge in [0, 0.05) is 17.8 Å². The Balaban J connectivity index is 1.39. The Kier molecular flexibility index (Phi) is 6.23. The summed E-state index contributed by atoms with van der Waals surface area (Å²) >= 11 is 0. The van der Waals surface area contributed by atoms with Gasteiger partial charge in [0.2, 0.25) is 0 Å². The largest absolute Gasteiger partial charge is 0.573 e. The van der Waals surface area contributed by atoms with E-state index in [1.165, 1.54) is 49.6 Å². The van der Waals surface area contributed by atoms with Crippen molar-refractivity contribution in [2.75, 3.05) is 11.9 Å². The summed E-state index contributed by atoms with van der Waals surface area (Å²) in [7, 11) is 0. The molecule has 31 heavy (non-hydrogen) atoms. The maximum atomic E-state index is 12.6. The van der Waals surface area contributed by atoms with Crippen LogP contribution in [0.25, 0.3) is 0 Å². The Hall–Kier alpha value is -2.54. The van der Waals surface area contributed by atoms with Crippen LogP contribution in [0.3, 0.4) is 0 Å². The van der Waals surface area contributed by atoms with Crippen LogP contribution in [0.4, 0.5) is 18.9 Å². The molecule has 0 spiro atoms. The minimum atomic E-state index is -4.86. The predicted molar refractivity (Wildman–Crippen MR) is 113 cm³/mol. The first-order valence-electron chi connectivity index (χ1n) is 10.8. The summed E-state index contributed by atoms with van der Waals surface area (Å²) in [5.74, 6) is -0.655. The molecule has 2 aromatic carbocycles. The minimum absolute atomic E-state index is 0.165. The maximum absolute atomic E-state index is 12.6. The fourth-order valence-corrected chi connectivity index (χ4v) is 4.96. The third-order valence-electron chi connectivity index (χ3n) is 6.48. The van der Waals surface area contributed by atoms with Crippen LogP contribution in [0.1, 0.15) is 60.9 Å². The number of nitrogens with one attached hydrogen (secondary N) is 1. The van der Waals surface area contributed by atoms with E-state index in [9.17, 15) is 18.0 Å². The van der Waals surface area contributed by atoms with Crippen molar-refractivity contribution in [1.82, 2.24) is 4.90 Å². The molecular weight excluding hydrogens is 405 g/mol. The molecule has 1 aliphatic heterocycles. The van der Waals surface area contributed by atoms with Gasteiger partial charge in [-0.3, -0.25) is 9.69 Å². The van der Waals surface area contributed by atoms with Gasteiger partial charge < -0.3 is 10.1 Å². The summed E-state index contributed by atoms with van der Waals surface area (Å²) in [4.78, 5) is 15.2. The molecular formula is C24H27F3N2O2. The number of ether oxygens (including phenoxy) is 1. The average molecular weight is 432 g/mol. The van der Waals surface area contributed by atoms with Crippen LogP contribution in [0.2, 0.25) is 0 Å². The molecule has 166 valence electrons. The summed E-state index contributed by atoms with van der Waals surface area (Å²) in [6.45, 7) is 3.51. The first kappa shape index (κ1) is 21.7. The van der Waals surface area contributed by atoms with Gasteiger partial charge in [-0.15, -0.1) is 13.2 Å². The predicted octanol–water partition coefficient (Wildman–Crippen LogP) is 5.96. The lowest BCUT2D eigenvalue weighted by atomic mass is 9.97. The van der Waals surface area contributed by atoms with Crippen LogP contribution >= 0.6 is 0 Å². The number of rotatable bonds is 5. The van der Waals surface area contributed by atoms with E-state index in [1.807, 2.05) is 24.3 Å². The van der Waals surface area contributed by atoms with Crippen molar-refractivity contribution >= 4 is 11.6 Å². The Morgan fingerprint density at radius 2 is 1.81 bits per heavy atom. The number of alkyl halides is 3. The van der Waals surface area contributed by atoms with E-state index in [1.54, 1.807) is 0 Å². The van der Waals surface area contributed by atoms with Gasteiger partial charge >= 0.3 is 6.36 Å². The van der Waals surface area contributed by atoms with Gasteiger partial charge in [-0.2, -0.15) is 0 Å². The van der Waals surface area contributed by atoms with E-state index < -0.39 is 18.0 Å². The van der Waals surface area contributed by atoms with E-state index in [0.717, 1.165) is 18.9 Å². The average Bonchev–Trinajstić information content (AvgIpc) is 3.36. The summed E-state index contributed by atoms with van der Waals surface area (Å²) < 4.78 is 41.8. The lowest BCUT2D eigenvalue weighted by Gasteiger charge is -2.28. The zero-order valence-corrected chi connectivity index (χ0v) is 17.5. The van der Waals surface area contributed by atoms with Crippen molar-refractivity contribution in [3.8, 4) is 5.75 Å². The molecule has 1 aliphatic carbocycles. The van der Waals surface area contributed by atoms with Gasteiger partial charge in [0.25, 0.3) is 5.91 Å². The van der Waals surface area contributed by atoms with Crippen molar-refractivity contribution in [2.45, 2.75) is 63.4 Å². The Bertz CT molecular complexity index is 914. The van der Waals surface area contributed by atoms with E-state index in [2.05, 4.69) is 21.9 Å². The number of carbonyl (C=O) groups excluding carboxylic acids is 1. The van der Waals surface area contributed by atoms with Crippen LogP contribution in [0.5, 0.6) is 5.75 Å². The van der Waals surface area contributed by atoms with E-state index in [0.29, 0.717) is 23.7 Å². The fourth-order valence-electron chi connectivity index (χ4n) is 4.96. The molecule has 2 fully saturated rings. The second-order valence-corrected chi connectivity index (χ2v) is 8.51. The van der Waals surface area contributed by atoms with Crippen LogP contribution in [0.15, 0.2) is 48.5 Å². The topological polar surface area (TPSA) is 41.6 Å². The third-order valence-corrected chi connectivity index (χ3v) is 6.48.